The van der Waals surface area contributed by atoms with E-state index in [0.29, 0.717) is 47.0 Å². The first kappa shape index (κ1) is 18.9. The molecule has 1 fully saturated rings. The molecular weight excluding hydrogens is 401 g/mol. The number of rotatable bonds is 3. The van der Waals surface area contributed by atoms with Crippen molar-refractivity contribution in [3.63, 3.8) is 0 Å². The van der Waals surface area contributed by atoms with Crippen molar-refractivity contribution in [2.45, 2.75) is 32.7 Å². The number of aromatic amines is 1. The second kappa shape index (κ2) is 7.39. The number of hydrogen-bond acceptors (Lipinski definition) is 2. The van der Waals surface area contributed by atoms with Gasteiger partial charge in [-0.05, 0) is 44.9 Å². The molecule has 5 nitrogen and oxygen atoms in total. The number of carbonyl (C=O) groups excluding carboxylic acids is 2. The summed E-state index contributed by atoms with van der Waals surface area (Å²) in [6.07, 6.45) is 1.31. The molecule has 1 aliphatic heterocycles. The highest BCUT2D eigenvalue weighted by molar-refractivity contribution is 9.10. The highest BCUT2D eigenvalue weighted by atomic mass is 79.9. The van der Waals surface area contributed by atoms with Gasteiger partial charge in [0.1, 0.15) is 11.5 Å². The van der Waals surface area contributed by atoms with Gasteiger partial charge in [0.15, 0.2) is 0 Å². The molecule has 0 spiro atoms. The molecule has 26 heavy (non-hydrogen) atoms. The maximum atomic E-state index is 14.0. The fourth-order valence-corrected chi connectivity index (χ4v) is 3.75. The van der Waals surface area contributed by atoms with E-state index in [9.17, 15) is 14.0 Å². The van der Waals surface area contributed by atoms with Crippen molar-refractivity contribution in [2.75, 3.05) is 20.1 Å². The molecule has 2 amide bonds. The van der Waals surface area contributed by atoms with E-state index in [1.54, 1.807) is 21.9 Å². The Hall–Kier alpha value is -1.89. The molecule has 1 aromatic heterocycles. The molecule has 0 bridgehead atoms. The highest BCUT2D eigenvalue weighted by Crippen LogP contribution is 2.26. The first-order valence-corrected chi connectivity index (χ1v) is 9.61. The minimum atomic E-state index is -0.370. The van der Waals surface area contributed by atoms with Crippen LogP contribution in [0.15, 0.2) is 22.7 Å². The van der Waals surface area contributed by atoms with Crippen molar-refractivity contribution < 1.29 is 14.0 Å². The molecule has 0 radical (unpaired) electrons. The number of nitrogens with one attached hydrogen (secondary N) is 1. The average Bonchev–Trinajstić information content (AvgIpc) is 3.04. The maximum absolute atomic E-state index is 14.0. The normalized spacial score (nSPS) is 15.7. The third-order valence-electron chi connectivity index (χ3n) is 5.14. The summed E-state index contributed by atoms with van der Waals surface area (Å²) in [6.45, 7) is 5.04. The van der Waals surface area contributed by atoms with Crippen molar-refractivity contribution in [3.8, 4) is 0 Å². The number of piperidine rings is 1. The van der Waals surface area contributed by atoms with E-state index in [0.717, 1.165) is 0 Å². The number of hydrogen-bond donors (Lipinski definition) is 1. The van der Waals surface area contributed by atoms with Gasteiger partial charge in [-0.25, -0.2) is 4.39 Å². The number of likely N-dealkylation sites (tertiary alicyclic amines) is 1. The Labute approximate surface area is 160 Å². The molecule has 1 N–H and O–H groups in total. The smallest absolute Gasteiger partial charge is 0.270 e. The van der Waals surface area contributed by atoms with Gasteiger partial charge in [-0.1, -0.05) is 15.9 Å². The predicted molar refractivity (Wildman–Crippen MR) is 102 cm³/mol. The Morgan fingerprint density at radius 3 is 2.54 bits per heavy atom. The molecule has 3 rings (SSSR count). The van der Waals surface area contributed by atoms with Crippen LogP contribution in [0.25, 0.3) is 10.9 Å². The summed E-state index contributed by atoms with van der Waals surface area (Å²) < 4.78 is 14.7. The first-order chi connectivity index (χ1) is 12.3. The Balaban J connectivity index is 1.69. The van der Waals surface area contributed by atoms with Crippen molar-refractivity contribution in [2.24, 2.45) is 5.92 Å². The number of benzene rings is 1. The summed E-state index contributed by atoms with van der Waals surface area (Å²) in [5.74, 6) is -0.419. The zero-order valence-electron chi connectivity index (χ0n) is 15.2. The number of fused-ring (bicyclic) bond motifs is 1. The van der Waals surface area contributed by atoms with E-state index in [4.69, 9.17) is 0 Å². The van der Waals surface area contributed by atoms with Crippen LogP contribution in [0.5, 0.6) is 0 Å². The monoisotopic (exact) mass is 423 g/mol. The number of amides is 2. The zero-order valence-corrected chi connectivity index (χ0v) is 16.8. The van der Waals surface area contributed by atoms with E-state index < -0.39 is 0 Å². The third kappa shape index (κ3) is 3.63. The van der Waals surface area contributed by atoms with E-state index in [1.165, 1.54) is 6.07 Å². The highest BCUT2D eigenvalue weighted by Gasteiger charge is 2.30. The second-order valence-corrected chi connectivity index (χ2v) is 8.06. The number of aromatic nitrogens is 1. The van der Waals surface area contributed by atoms with Crippen LogP contribution in [0.2, 0.25) is 0 Å². The van der Waals surface area contributed by atoms with Crippen LogP contribution in [0.3, 0.4) is 0 Å². The fraction of sp³-hybridized carbons (Fsp3) is 0.474. The average molecular weight is 424 g/mol. The van der Waals surface area contributed by atoms with Gasteiger partial charge in [-0.15, -0.1) is 0 Å². The fourth-order valence-electron chi connectivity index (χ4n) is 3.32. The molecular formula is C19H23BrFN3O2. The summed E-state index contributed by atoms with van der Waals surface area (Å²) in [6, 6.07) is 4.86. The molecule has 1 aromatic carbocycles. The minimum Gasteiger partial charge on any atom is -0.350 e. The van der Waals surface area contributed by atoms with Crippen LogP contribution in [0.4, 0.5) is 4.39 Å². The van der Waals surface area contributed by atoms with E-state index in [-0.39, 0.29) is 29.6 Å². The molecule has 2 aromatic rings. The largest absolute Gasteiger partial charge is 0.350 e. The van der Waals surface area contributed by atoms with Gasteiger partial charge in [0.25, 0.3) is 5.91 Å². The predicted octanol–water partition coefficient (Wildman–Crippen LogP) is 3.79. The Kier molecular flexibility index (Phi) is 5.37. The number of H-pyrrole nitrogens is 1. The Morgan fingerprint density at radius 1 is 1.27 bits per heavy atom. The van der Waals surface area contributed by atoms with Crippen molar-refractivity contribution >= 4 is 38.6 Å². The summed E-state index contributed by atoms with van der Waals surface area (Å²) in [7, 11) is 1.82. The van der Waals surface area contributed by atoms with Gasteiger partial charge >= 0.3 is 0 Å². The SMILES string of the molecule is CC(C)N(C)C(=O)C1CCN(C(=O)c2cc3c(F)cc(Br)cc3[nH]2)CC1. The van der Waals surface area contributed by atoms with Gasteiger partial charge in [0.05, 0.1) is 5.52 Å². The standard InChI is InChI=1S/C19H23BrFN3O2/c1-11(2)23(3)18(25)12-4-6-24(7-5-12)19(26)17-10-14-15(21)8-13(20)9-16(14)22-17/h8-12,22H,4-7H2,1-3H3. The van der Waals surface area contributed by atoms with E-state index >= 15 is 0 Å². The molecule has 0 aliphatic carbocycles. The second-order valence-electron chi connectivity index (χ2n) is 7.14. The first-order valence-electron chi connectivity index (χ1n) is 8.81. The van der Waals surface area contributed by atoms with Crippen molar-refractivity contribution in [3.05, 3.63) is 34.2 Å². The maximum Gasteiger partial charge on any atom is 0.270 e. The van der Waals surface area contributed by atoms with Gasteiger partial charge in [-0.3, -0.25) is 9.59 Å². The minimum absolute atomic E-state index is 0.0393. The van der Waals surface area contributed by atoms with Gasteiger partial charge in [0.2, 0.25) is 5.91 Å². The molecule has 0 unspecified atom stereocenters. The third-order valence-corrected chi connectivity index (χ3v) is 5.59. The molecule has 140 valence electrons. The van der Waals surface area contributed by atoms with Crippen LogP contribution in [-0.2, 0) is 4.79 Å². The van der Waals surface area contributed by atoms with Crippen LogP contribution in [0, 0.1) is 11.7 Å². The Morgan fingerprint density at radius 2 is 1.92 bits per heavy atom. The van der Waals surface area contributed by atoms with Crippen LogP contribution < -0.4 is 0 Å². The summed E-state index contributed by atoms with van der Waals surface area (Å²) in [4.78, 5) is 31.7. The van der Waals surface area contributed by atoms with Gasteiger partial charge < -0.3 is 14.8 Å². The number of halogens is 2. The lowest BCUT2D eigenvalue weighted by Gasteiger charge is -2.34. The molecule has 0 saturated carbocycles. The summed E-state index contributed by atoms with van der Waals surface area (Å²) >= 11 is 3.26. The van der Waals surface area contributed by atoms with Crippen LogP contribution in [0.1, 0.15) is 37.2 Å². The molecule has 2 heterocycles. The van der Waals surface area contributed by atoms with Crippen molar-refractivity contribution in [1.29, 1.82) is 0 Å². The van der Waals surface area contributed by atoms with Crippen LogP contribution >= 0.6 is 15.9 Å². The van der Waals surface area contributed by atoms with E-state index in [1.807, 2.05) is 20.9 Å². The molecule has 1 aliphatic rings. The lowest BCUT2D eigenvalue weighted by molar-refractivity contribution is -0.137. The number of carbonyl (C=O) groups is 2. The lowest BCUT2D eigenvalue weighted by Crippen LogP contribution is -2.45. The zero-order chi connectivity index (χ0) is 19.0. The Bertz CT molecular complexity index is 841. The molecule has 0 atom stereocenters. The summed E-state index contributed by atoms with van der Waals surface area (Å²) in [5.41, 5.74) is 0.963. The lowest BCUT2D eigenvalue weighted by atomic mass is 9.95. The van der Waals surface area contributed by atoms with Gasteiger partial charge in [0, 0.05) is 42.0 Å². The molecule has 1 saturated heterocycles. The van der Waals surface area contributed by atoms with E-state index in [2.05, 4.69) is 20.9 Å². The summed E-state index contributed by atoms with van der Waals surface area (Å²) in [5, 5.41) is 0.403. The topological polar surface area (TPSA) is 56.4 Å². The van der Waals surface area contributed by atoms with Crippen molar-refractivity contribution in [1.82, 2.24) is 14.8 Å². The van der Waals surface area contributed by atoms with Gasteiger partial charge in [-0.2, -0.15) is 0 Å². The van der Waals surface area contributed by atoms with Crippen LogP contribution in [-0.4, -0.2) is 52.8 Å². The molecule has 7 heteroatoms. The quantitative estimate of drug-likeness (QED) is 0.816. The number of nitrogens with zero attached hydrogens (tertiary/aromatic N) is 2.